The van der Waals surface area contributed by atoms with Crippen LogP contribution in [0.4, 0.5) is 0 Å². The van der Waals surface area contributed by atoms with Crippen LogP contribution in [0, 0.1) is 34.5 Å². The lowest BCUT2D eigenvalue weighted by Gasteiger charge is -2.39. The molecule has 0 aromatic heterocycles. The Hall–Kier alpha value is -0.480. The second kappa shape index (κ2) is 5.66. The van der Waals surface area contributed by atoms with Crippen LogP contribution in [0.3, 0.4) is 0 Å². The summed E-state index contributed by atoms with van der Waals surface area (Å²) in [6.45, 7) is 13.3. The molecule has 0 aromatic rings. The molecule has 3 unspecified atom stereocenters. The first-order valence-corrected chi connectivity index (χ1v) is 7.28. The molecule has 0 aliphatic heterocycles. The van der Waals surface area contributed by atoms with Gasteiger partial charge >= 0.3 is 0 Å². The molecular weight excluding hydrogens is 220 g/mol. The van der Waals surface area contributed by atoms with Gasteiger partial charge in [-0.2, -0.15) is 0 Å². The van der Waals surface area contributed by atoms with Crippen LogP contribution in [-0.4, -0.2) is 11.2 Å². The SMILES string of the molecule is CC(C)(C)C#CCC1CC(C(C)(C)C)CCC1O. The van der Waals surface area contributed by atoms with Crippen molar-refractivity contribution in [2.24, 2.45) is 22.7 Å². The Labute approximate surface area is 113 Å². The van der Waals surface area contributed by atoms with Gasteiger partial charge in [-0.15, -0.1) is 5.92 Å². The van der Waals surface area contributed by atoms with Gasteiger partial charge in [-0.1, -0.05) is 26.7 Å². The number of hydrogen-bond acceptors (Lipinski definition) is 1. The second-order valence-corrected chi connectivity index (χ2v) is 7.96. The molecule has 1 aliphatic carbocycles. The topological polar surface area (TPSA) is 20.2 Å². The molecule has 0 saturated heterocycles. The second-order valence-electron chi connectivity index (χ2n) is 7.96. The quantitative estimate of drug-likeness (QED) is 0.690. The lowest BCUT2D eigenvalue weighted by atomic mass is 9.67. The number of aliphatic hydroxyl groups is 1. The fourth-order valence-electron chi connectivity index (χ4n) is 2.70. The van der Waals surface area contributed by atoms with E-state index in [1.54, 1.807) is 0 Å². The fourth-order valence-corrected chi connectivity index (χ4v) is 2.70. The van der Waals surface area contributed by atoms with Crippen LogP contribution in [0.15, 0.2) is 0 Å². The zero-order chi connectivity index (χ0) is 14.0. The van der Waals surface area contributed by atoms with Crippen molar-refractivity contribution in [3.63, 3.8) is 0 Å². The van der Waals surface area contributed by atoms with Crippen LogP contribution in [0.1, 0.15) is 67.2 Å². The highest BCUT2D eigenvalue weighted by Gasteiger charge is 2.34. The van der Waals surface area contributed by atoms with Gasteiger partial charge in [0.1, 0.15) is 0 Å². The average Bonchev–Trinajstić information content (AvgIpc) is 2.17. The van der Waals surface area contributed by atoms with Crippen molar-refractivity contribution in [3.05, 3.63) is 0 Å². The summed E-state index contributed by atoms with van der Waals surface area (Å²) in [6, 6.07) is 0. The maximum atomic E-state index is 10.1. The average molecular weight is 250 g/mol. The Morgan fingerprint density at radius 1 is 1.06 bits per heavy atom. The third-order valence-electron chi connectivity index (χ3n) is 3.99. The maximum Gasteiger partial charge on any atom is 0.0577 e. The summed E-state index contributed by atoms with van der Waals surface area (Å²) in [6.07, 6.45) is 3.95. The number of hydrogen-bond donors (Lipinski definition) is 1. The predicted octanol–water partition coefficient (Wildman–Crippen LogP) is 4.25. The summed E-state index contributed by atoms with van der Waals surface area (Å²) < 4.78 is 0. The van der Waals surface area contributed by atoms with Gasteiger partial charge in [-0.05, 0) is 57.3 Å². The first-order valence-electron chi connectivity index (χ1n) is 7.28. The highest BCUT2D eigenvalue weighted by molar-refractivity contribution is 5.08. The van der Waals surface area contributed by atoms with Crippen molar-refractivity contribution >= 4 is 0 Å². The molecule has 18 heavy (non-hydrogen) atoms. The standard InChI is InChI=1S/C17H30O/c1-16(2,3)11-7-8-13-12-14(17(4,5)6)9-10-15(13)18/h13-15,18H,8-10,12H2,1-6H3. The molecule has 1 nitrogen and oxygen atoms in total. The van der Waals surface area contributed by atoms with E-state index >= 15 is 0 Å². The van der Waals surface area contributed by atoms with Crippen molar-refractivity contribution in [1.82, 2.24) is 0 Å². The van der Waals surface area contributed by atoms with Crippen LogP contribution in [0.2, 0.25) is 0 Å². The van der Waals surface area contributed by atoms with Crippen molar-refractivity contribution in [2.75, 3.05) is 0 Å². The largest absolute Gasteiger partial charge is 0.393 e. The highest BCUT2D eigenvalue weighted by Crippen LogP contribution is 2.41. The molecular formula is C17H30O. The lowest BCUT2D eigenvalue weighted by molar-refractivity contribution is 0.0216. The van der Waals surface area contributed by atoms with Gasteiger partial charge in [0.25, 0.3) is 0 Å². The smallest absolute Gasteiger partial charge is 0.0577 e. The van der Waals surface area contributed by atoms with Crippen LogP contribution in [0.5, 0.6) is 0 Å². The Morgan fingerprint density at radius 2 is 1.67 bits per heavy atom. The molecule has 1 N–H and O–H groups in total. The number of aliphatic hydroxyl groups excluding tert-OH is 1. The van der Waals surface area contributed by atoms with E-state index in [0.717, 1.165) is 31.6 Å². The van der Waals surface area contributed by atoms with Gasteiger partial charge < -0.3 is 5.11 Å². The van der Waals surface area contributed by atoms with E-state index in [2.05, 4.69) is 53.4 Å². The summed E-state index contributed by atoms with van der Waals surface area (Å²) in [5.41, 5.74) is 0.429. The molecule has 0 aromatic carbocycles. The lowest BCUT2D eigenvalue weighted by Crippen LogP contribution is -2.34. The summed E-state index contributed by atoms with van der Waals surface area (Å²) in [4.78, 5) is 0. The van der Waals surface area contributed by atoms with Gasteiger partial charge in [0.05, 0.1) is 6.10 Å². The Morgan fingerprint density at radius 3 is 2.17 bits per heavy atom. The molecule has 0 radical (unpaired) electrons. The third kappa shape index (κ3) is 5.02. The predicted molar refractivity (Wildman–Crippen MR) is 78.1 cm³/mol. The van der Waals surface area contributed by atoms with Crippen molar-refractivity contribution in [1.29, 1.82) is 0 Å². The normalized spacial score (nSPS) is 29.6. The monoisotopic (exact) mass is 250 g/mol. The Balaban J connectivity index is 2.60. The summed E-state index contributed by atoms with van der Waals surface area (Å²) >= 11 is 0. The molecule has 1 rings (SSSR count). The first-order chi connectivity index (χ1) is 8.09. The summed E-state index contributed by atoms with van der Waals surface area (Å²) in [5, 5.41) is 10.1. The Kier molecular flexibility index (Phi) is 4.90. The minimum absolute atomic E-state index is 0.0725. The first kappa shape index (κ1) is 15.6. The van der Waals surface area contributed by atoms with E-state index in [1.807, 2.05) is 0 Å². The van der Waals surface area contributed by atoms with Gasteiger partial charge in [-0.3, -0.25) is 0 Å². The van der Waals surface area contributed by atoms with E-state index in [1.165, 1.54) is 0 Å². The number of rotatable bonds is 1. The van der Waals surface area contributed by atoms with E-state index < -0.39 is 0 Å². The van der Waals surface area contributed by atoms with Crippen LogP contribution >= 0.6 is 0 Å². The van der Waals surface area contributed by atoms with E-state index in [-0.39, 0.29) is 11.5 Å². The van der Waals surface area contributed by atoms with Crippen molar-refractivity contribution < 1.29 is 5.11 Å². The van der Waals surface area contributed by atoms with Crippen LogP contribution in [-0.2, 0) is 0 Å². The van der Waals surface area contributed by atoms with E-state index in [4.69, 9.17) is 0 Å². The molecule has 0 spiro atoms. The molecule has 104 valence electrons. The fraction of sp³-hybridized carbons (Fsp3) is 0.882. The van der Waals surface area contributed by atoms with Crippen LogP contribution < -0.4 is 0 Å². The molecule has 1 saturated carbocycles. The van der Waals surface area contributed by atoms with Crippen LogP contribution in [0.25, 0.3) is 0 Å². The molecule has 1 aliphatic rings. The van der Waals surface area contributed by atoms with Gasteiger partial charge in [0, 0.05) is 11.8 Å². The zero-order valence-corrected chi connectivity index (χ0v) is 13.0. The van der Waals surface area contributed by atoms with E-state index in [9.17, 15) is 5.11 Å². The van der Waals surface area contributed by atoms with Crippen molar-refractivity contribution in [2.45, 2.75) is 73.3 Å². The van der Waals surface area contributed by atoms with Gasteiger partial charge in [0.15, 0.2) is 0 Å². The van der Waals surface area contributed by atoms with Gasteiger partial charge in [-0.25, -0.2) is 0 Å². The van der Waals surface area contributed by atoms with Gasteiger partial charge in [0.2, 0.25) is 0 Å². The minimum atomic E-state index is -0.141. The molecule has 1 fully saturated rings. The summed E-state index contributed by atoms with van der Waals surface area (Å²) in [7, 11) is 0. The molecule has 1 heteroatoms. The maximum absolute atomic E-state index is 10.1. The van der Waals surface area contributed by atoms with Crippen molar-refractivity contribution in [3.8, 4) is 11.8 Å². The molecule has 0 heterocycles. The zero-order valence-electron chi connectivity index (χ0n) is 13.0. The van der Waals surface area contributed by atoms with E-state index in [0.29, 0.717) is 11.3 Å². The molecule has 0 amide bonds. The molecule has 3 atom stereocenters. The minimum Gasteiger partial charge on any atom is -0.393 e. The third-order valence-corrected chi connectivity index (χ3v) is 3.99. The summed E-state index contributed by atoms with van der Waals surface area (Å²) in [5.74, 6) is 7.67. The highest BCUT2D eigenvalue weighted by atomic mass is 16.3. The Bertz CT molecular complexity index is 318. The molecule has 0 bridgehead atoms.